The van der Waals surface area contributed by atoms with Crippen molar-refractivity contribution < 1.29 is 0 Å². The number of rotatable bonds is 4. The molecule has 214 valence electrons. The van der Waals surface area contributed by atoms with Crippen molar-refractivity contribution in [3.63, 3.8) is 0 Å². The molecule has 6 aromatic carbocycles. The van der Waals surface area contributed by atoms with E-state index in [-0.39, 0.29) is 0 Å². The van der Waals surface area contributed by atoms with Crippen LogP contribution in [-0.2, 0) is 0 Å². The molecule has 3 heteroatoms. The van der Waals surface area contributed by atoms with Crippen LogP contribution >= 0.6 is 0 Å². The molecule has 9 aromatic rings. The summed E-state index contributed by atoms with van der Waals surface area (Å²) in [4.78, 5) is 14.5. The highest BCUT2D eigenvalue weighted by Crippen LogP contribution is 2.36. The molecule has 0 aliphatic heterocycles. The molecule has 0 N–H and O–H groups in total. The third kappa shape index (κ3) is 4.49. The number of pyridine rings is 3. The zero-order chi connectivity index (χ0) is 30.5. The van der Waals surface area contributed by atoms with Gasteiger partial charge in [0.1, 0.15) is 0 Å². The van der Waals surface area contributed by atoms with Crippen molar-refractivity contribution in [2.45, 2.75) is 0 Å². The van der Waals surface area contributed by atoms with E-state index in [4.69, 9.17) is 9.97 Å². The van der Waals surface area contributed by atoms with Crippen LogP contribution in [0.15, 0.2) is 164 Å². The maximum Gasteiger partial charge on any atom is 0.0972 e. The van der Waals surface area contributed by atoms with Gasteiger partial charge in [-0.2, -0.15) is 0 Å². The molecule has 0 saturated carbocycles. The van der Waals surface area contributed by atoms with Gasteiger partial charge in [0.15, 0.2) is 0 Å². The lowest BCUT2D eigenvalue weighted by Gasteiger charge is -2.12. The highest BCUT2D eigenvalue weighted by Gasteiger charge is 2.11. The van der Waals surface area contributed by atoms with Gasteiger partial charge in [0.05, 0.1) is 22.4 Å². The van der Waals surface area contributed by atoms with Gasteiger partial charge < -0.3 is 0 Å². The average molecular weight is 586 g/mol. The Bertz CT molecular complexity index is 2550. The second-order valence-electron chi connectivity index (χ2n) is 11.7. The Labute approximate surface area is 266 Å². The molecule has 3 nitrogen and oxygen atoms in total. The van der Waals surface area contributed by atoms with Crippen molar-refractivity contribution in [3.05, 3.63) is 164 Å². The molecule has 0 aliphatic carbocycles. The quantitative estimate of drug-likeness (QED) is 0.193. The molecule has 3 aromatic heterocycles. The lowest BCUT2D eigenvalue weighted by atomic mass is 9.93. The lowest BCUT2D eigenvalue weighted by molar-refractivity contribution is 1.33. The van der Waals surface area contributed by atoms with E-state index in [0.717, 1.165) is 55.4 Å². The van der Waals surface area contributed by atoms with Crippen LogP contribution in [0.1, 0.15) is 0 Å². The zero-order valence-corrected chi connectivity index (χ0v) is 24.9. The fourth-order valence-corrected chi connectivity index (χ4v) is 6.58. The van der Waals surface area contributed by atoms with Gasteiger partial charge in [-0.05, 0) is 74.1 Å². The van der Waals surface area contributed by atoms with Crippen LogP contribution in [0.4, 0.5) is 0 Å². The van der Waals surface area contributed by atoms with Gasteiger partial charge in [0.2, 0.25) is 0 Å². The zero-order valence-electron chi connectivity index (χ0n) is 24.9. The Morgan fingerprint density at radius 1 is 0.326 bits per heavy atom. The van der Waals surface area contributed by atoms with Gasteiger partial charge in [-0.1, -0.05) is 121 Å². The molecule has 0 spiro atoms. The summed E-state index contributed by atoms with van der Waals surface area (Å²) in [6, 6.07) is 53.8. The minimum absolute atomic E-state index is 0.911. The Balaban J connectivity index is 1.10. The third-order valence-electron chi connectivity index (χ3n) is 8.97. The summed E-state index contributed by atoms with van der Waals surface area (Å²) in [6.45, 7) is 0. The Hall–Kier alpha value is -6.19. The van der Waals surface area contributed by atoms with Crippen LogP contribution in [0.25, 0.3) is 88.1 Å². The number of aromatic nitrogens is 3. The van der Waals surface area contributed by atoms with Gasteiger partial charge in [0, 0.05) is 34.3 Å². The van der Waals surface area contributed by atoms with Gasteiger partial charge in [-0.3, -0.25) is 4.98 Å². The number of benzene rings is 6. The summed E-state index contributed by atoms with van der Waals surface area (Å²) >= 11 is 0. The molecule has 0 saturated heterocycles. The van der Waals surface area contributed by atoms with E-state index in [1.165, 1.54) is 32.7 Å². The first-order chi connectivity index (χ1) is 22.8. The van der Waals surface area contributed by atoms with Crippen molar-refractivity contribution >= 4 is 43.4 Å². The molecule has 0 unspecified atom stereocenters. The summed E-state index contributed by atoms with van der Waals surface area (Å²) < 4.78 is 0. The van der Waals surface area contributed by atoms with Crippen LogP contribution in [0, 0.1) is 0 Å². The standard InChI is InChI=1S/C43H27N3/c1-2-6-36-35(5-1)27-39(38-8-4-3-7-37(36)38)30-11-15-32(16-12-30)41-22-20-34-18-17-33-19-21-40(45-42(33)43(34)46-41)31-13-9-28(10-14-31)29-23-25-44-26-24-29/h1-27H. The van der Waals surface area contributed by atoms with Crippen LogP contribution in [0.3, 0.4) is 0 Å². The lowest BCUT2D eigenvalue weighted by Crippen LogP contribution is -1.91. The van der Waals surface area contributed by atoms with Crippen molar-refractivity contribution in [2.75, 3.05) is 0 Å². The summed E-state index contributed by atoms with van der Waals surface area (Å²) in [5.74, 6) is 0. The van der Waals surface area contributed by atoms with Crippen molar-refractivity contribution in [1.29, 1.82) is 0 Å². The smallest absolute Gasteiger partial charge is 0.0972 e. The van der Waals surface area contributed by atoms with Gasteiger partial charge >= 0.3 is 0 Å². The molecule has 0 atom stereocenters. The SMILES string of the molecule is c1ccc2c(c1)cc(-c1ccc(-c3ccc4ccc5ccc(-c6ccc(-c7ccncc7)cc6)nc5c4n3)cc1)c1ccccc12. The van der Waals surface area contributed by atoms with Crippen LogP contribution < -0.4 is 0 Å². The highest BCUT2D eigenvalue weighted by atomic mass is 14.8. The number of fused-ring (bicyclic) bond motifs is 6. The summed E-state index contributed by atoms with van der Waals surface area (Å²) in [7, 11) is 0. The predicted octanol–water partition coefficient (Wildman–Crippen LogP) is 11.2. The highest BCUT2D eigenvalue weighted by molar-refractivity contribution is 6.13. The number of hydrogen-bond donors (Lipinski definition) is 0. The van der Waals surface area contributed by atoms with Gasteiger partial charge in [-0.25, -0.2) is 9.97 Å². The van der Waals surface area contributed by atoms with Gasteiger partial charge in [0.25, 0.3) is 0 Å². The molecular formula is C43H27N3. The summed E-state index contributed by atoms with van der Waals surface area (Å²) in [6.07, 6.45) is 3.64. The van der Waals surface area contributed by atoms with Gasteiger partial charge in [-0.15, -0.1) is 0 Å². The minimum Gasteiger partial charge on any atom is -0.265 e. The fourth-order valence-electron chi connectivity index (χ4n) is 6.58. The Kier molecular flexibility index (Phi) is 6.14. The van der Waals surface area contributed by atoms with Crippen molar-refractivity contribution in [2.24, 2.45) is 0 Å². The summed E-state index contributed by atoms with van der Waals surface area (Å²) in [5.41, 5.74) is 10.6. The van der Waals surface area contributed by atoms with E-state index in [9.17, 15) is 0 Å². The number of hydrogen-bond acceptors (Lipinski definition) is 3. The average Bonchev–Trinajstić information content (AvgIpc) is 3.14. The summed E-state index contributed by atoms with van der Waals surface area (Å²) in [5, 5.41) is 7.23. The normalized spacial score (nSPS) is 11.5. The van der Waals surface area contributed by atoms with E-state index in [1.807, 2.05) is 24.5 Å². The molecular weight excluding hydrogens is 558 g/mol. The molecule has 3 heterocycles. The molecule has 9 rings (SSSR count). The van der Waals surface area contributed by atoms with Crippen LogP contribution in [-0.4, -0.2) is 15.0 Å². The van der Waals surface area contributed by atoms with E-state index in [1.54, 1.807) is 0 Å². The Morgan fingerprint density at radius 3 is 1.43 bits per heavy atom. The van der Waals surface area contributed by atoms with Crippen molar-refractivity contribution in [1.82, 2.24) is 15.0 Å². The largest absolute Gasteiger partial charge is 0.265 e. The van der Waals surface area contributed by atoms with Crippen LogP contribution in [0.2, 0.25) is 0 Å². The second kappa shape index (κ2) is 10.8. The number of nitrogens with zero attached hydrogens (tertiary/aromatic N) is 3. The Morgan fingerprint density at radius 2 is 0.804 bits per heavy atom. The van der Waals surface area contributed by atoms with Crippen molar-refractivity contribution in [3.8, 4) is 44.8 Å². The fraction of sp³-hybridized carbons (Fsp3) is 0. The van der Waals surface area contributed by atoms with E-state index in [2.05, 4.69) is 145 Å². The molecule has 0 radical (unpaired) electrons. The van der Waals surface area contributed by atoms with E-state index < -0.39 is 0 Å². The first-order valence-electron chi connectivity index (χ1n) is 15.5. The third-order valence-corrected chi connectivity index (χ3v) is 8.97. The molecule has 0 fully saturated rings. The maximum atomic E-state index is 5.19. The molecule has 46 heavy (non-hydrogen) atoms. The van der Waals surface area contributed by atoms with E-state index >= 15 is 0 Å². The molecule has 0 aliphatic rings. The predicted molar refractivity (Wildman–Crippen MR) is 192 cm³/mol. The monoisotopic (exact) mass is 585 g/mol. The second-order valence-corrected chi connectivity index (χ2v) is 11.7. The maximum absolute atomic E-state index is 5.19. The topological polar surface area (TPSA) is 38.7 Å². The minimum atomic E-state index is 0.911. The molecule has 0 amide bonds. The van der Waals surface area contributed by atoms with Crippen LogP contribution in [0.5, 0.6) is 0 Å². The molecule has 0 bridgehead atoms. The first kappa shape index (κ1) is 26.2. The first-order valence-corrected chi connectivity index (χ1v) is 15.5. The van der Waals surface area contributed by atoms with E-state index in [0.29, 0.717) is 0 Å².